The first-order chi connectivity index (χ1) is 10.5. The first-order valence-electron chi connectivity index (χ1n) is 7.60. The third kappa shape index (κ3) is 2.87. The predicted molar refractivity (Wildman–Crippen MR) is 87.0 cm³/mol. The van der Waals surface area contributed by atoms with Crippen LogP contribution >= 0.6 is 0 Å². The average Bonchev–Trinajstić information content (AvgIpc) is 2.54. The van der Waals surface area contributed by atoms with Crippen LogP contribution < -0.4 is 10.6 Å². The molecule has 1 fully saturated rings. The molecule has 1 aliphatic heterocycles. The van der Waals surface area contributed by atoms with Crippen molar-refractivity contribution < 1.29 is 4.92 Å². The number of piperidine rings is 1. The van der Waals surface area contributed by atoms with Gasteiger partial charge in [-0.2, -0.15) is 0 Å². The smallest absolute Gasteiger partial charge is 0.270 e. The van der Waals surface area contributed by atoms with Crippen molar-refractivity contribution in [1.29, 1.82) is 0 Å². The fourth-order valence-corrected chi connectivity index (χ4v) is 3.05. The molecule has 22 heavy (non-hydrogen) atoms. The van der Waals surface area contributed by atoms with Gasteiger partial charge in [-0.15, -0.1) is 0 Å². The predicted octanol–water partition coefficient (Wildman–Crippen LogP) is 2.71. The summed E-state index contributed by atoms with van der Waals surface area (Å²) in [6, 6.07) is 8.87. The lowest BCUT2D eigenvalue weighted by Gasteiger charge is -2.34. The molecule has 1 aliphatic rings. The third-order valence-electron chi connectivity index (χ3n) is 4.48. The van der Waals surface area contributed by atoms with E-state index >= 15 is 0 Å². The van der Waals surface area contributed by atoms with Crippen molar-refractivity contribution >= 4 is 22.4 Å². The Morgan fingerprint density at radius 1 is 1.32 bits per heavy atom. The van der Waals surface area contributed by atoms with Crippen LogP contribution in [0.1, 0.15) is 19.8 Å². The highest BCUT2D eigenvalue weighted by atomic mass is 16.6. The number of aromatic nitrogens is 1. The normalized spacial score (nSPS) is 17.6. The molecular formula is C16H20N4O2. The van der Waals surface area contributed by atoms with E-state index in [9.17, 15) is 10.1 Å². The molecular weight excluding hydrogens is 280 g/mol. The molecule has 1 aromatic heterocycles. The van der Waals surface area contributed by atoms with Crippen LogP contribution in [0.5, 0.6) is 0 Å². The van der Waals surface area contributed by atoms with Crippen molar-refractivity contribution in [3.8, 4) is 0 Å². The second kappa shape index (κ2) is 5.88. The number of anilines is 1. The molecule has 0 amide bonds. The summed E-state index contributed by atoms with van der Waals surface area (Å²) in [5, 5.41) is 11.6. The van der Waals surface area contributed by atoms with Gasteiger partial charge in [-0.1, -0.05) is 0 Å². The maximum atomic E-state index is 10.8. The van der Waals surface area contributed by atoms with Crippen molar-refractivity contribution in [1.82, 2.24) is 4.98 Å². The van der Waals surface area contributed by atoms with Crippen molar-refractivity contribution in [3.63, 3.8) is 0 Å². The fourth-order valence-electron chi connectivity index (χ4n) is 3.05. The van der Waals surface area contributed by atoms with E-state index in [4.69, 9.17) is 5.73 Å². The average molecular weight is 300 g/mol. The molecule has 2 N–H and O–H groups in total. The van der Waals surface area contributed by atoms with Gasteiger partial charge in [-0.05, 0) is 43.9 Å². The zero-order valence-corrected chi connectivity index (χ0v) is 12.6. The van der Waals surface area contributed by atoms with Crippen molar-refractivity contribution in [3.05, 3.63) is 40.4 Å². The number of nitro groups is 1. The summed E-state index contributed by atoms with van der Waals surface area (Å²) in [6.45, 7) is 3.98. The number of nitro benzene ring substituents is 1. The standard InChI is InChI=1S/C16H20N4O2/c1-11(17)12-6-8-19(9-7-12)16-5-2-13-10-14(20(21)22)3-4-15(13)18-16/h2-5,10-12H,6-9,17H2,1H3. The Kier molecular flexibility index (Phi) is 3.94. The second-order valence-electron chi connectivity index (χ2n) is 5.99. The minimum Gasteiger partial charge on any atom is -0.357 e. The highest BCUT2D eigenvalue weighted by Gasteiger charge is 2.22. The van der Waals surface area contributed by atoms with Crippen molar-refractivity contribution in [2.45, 2.75) is 25.8 Å². The number of fused-ring (bicyclic) bond motifs is 1. The topological polar surface area (TPSA) is 85.3 Å². The number of benzene rings is 1. The van der Waals surface area contributed by atoms with Gasteiger partial charge in [0, 0.05) is 36.7 Å². The van der Waals surface area contributed by atoms with Gasteiger partial charge in [0.15, 0.2) is 0 Å². The van der Waals surface area contributed by atoms with E-state index in [1.807, 2.05) is 12.1 Å². The lowest BCUT2D eigenvalue weighted by molar-refractivity contribution is -0.384. The van der Waals surface area contributed by atoms with Crippen molar-refractivity contribution in [2.24, 2.45) is 11.7 Å². The van der Waals surface area contributed by atoms with Crippen LogP contribution in [0.3, 0.4) is 0 Å². The molecule has 0 radical (unpaired) electrons. The molecule has 2 aromatic rings. The van der Waals surface area contributed by atoms with E-state index in [2.05, 4.69) is 16.8 Å². The number of nitrogens with two attached hydrogens (primary N) is 1. The quantitative estimate of drug-likeness (QED) is 0.696. The molecule has 6 nitrogen and oxygen atoms in total. The van der Waals surface area contributed by atoms with Crippen LogP contribution in [0.25, 0.3) is 10.9 Å². The van der Waals surface area contributed by atoms with Crippen LogP contribution in [0, 0.1) is 16.0 Å². The molecule has 0 bridgehead atoms. The Bertz CT molecular complexity index is 694. The van der Waals surface area contributed by atoms with Gasteiger partial charge < -0.3 is 10.6 Å². The number of rotatable bonds is 3. The van der Waals surface area contributed by atoms with E-state index < -0.39 is 0 Å². The maximum Gasteiger partial charge on any atom is 0.270 e. The van der Waals surface area contributed by atoms with Gasteiger partial charge >= 0.3 is 0 Å². The molecule has 2 heterocycles. The number of hydrogen-bond donors (Lipinski definition) is 1. The molecule has 1 aromatic carbocycles. The Morgan fingerprint density at radius 3 is 2.68 bits per heavy atom. The summed E-state index contributed by atoms with van der Waals surface area (Å²) in [7, 11) is 0. The van der Waals surface area contributed by atoms with Crippen LogP contribution in [-0.2, 0) is 0 Å². The highest BCUT2D eigenvalue weighted by Crippen LogP contribution is 2.26. The summed E-state index contributed by atoms with van der Waals surface area (Å²) >= 11 is 0. The lowest BCUT2D eigenvalue weighted by atomic mass is 9.91. The molecule has 1 saturated heterocycles. The molecule has 0 spiro atoms. The Morgan fingerprint density at radius 2 is 2.05 bits per heavy atom. The summed E-state index contributed by atoms with van der Waals surface area (Å²) in [5.74, 6) is 1.52. The summed E-state index contributed by atoms with van der Waals surface area (Å²) in [6.07, 6.45) is 2.16. The van der Waals surface area contributed by atoms with E-state index in [1.54, 1.807) is 12.1 Å². The molecule has 0 saturated carbocycles. The molecule has 6 heteroatoms. The SMILES string of the molecule is CC(N)C1CCN(c2ccc3cc([N+](=O)[O-])ccc3n2)CC1. The van der Waals surface area contributed by atoms with Crippen LogP contribution in [0.2, 0.25) is 0 Å². The number of nitrogens with zero attached hydrogens (tertiary/aromatic N) is 3. The Hall–Kier alpha value is -2.21. The second-order valence-corrected chi connectivity index (χ2v) is 5.99. The summed E-state index contributed by atoms with van der Waals surface area (Å²) in [4.78, 5) is 17.3. The zero-order chi connectivity index (χ0) is 15.7. The van der Waals surface area contributed by atoms with Crippen molar-refractivity contribution in [2.75, 3.05) is 18.0 Å². The van der Waals surface area contributed by atoms with Crippen LogP contribution in [-0.4, -0.2) is 29.0 Å². The first-order valence-corrected chi connectivity index (χ1v) is 7.60. The van der Waals surface area contributed by atoms with Gasteiger partial charge in [-0.25, -0.2) is 4.98 Å². The first kappa shape index (κ1) is 14.7. The molecule has 116 valence electrons. The maximum absolute atomic E-state index is 10.8. The summed E-state index contributed by atoms with van der Waals surface area (Å²) in [5.41, 5.74) is 6.86. The molecule has 0 aliphatic carbocycles. The Balaban J connectivity index is 1.81. The van der Waals surface area contributed by atoms with Crippen LogP contribution in [0.4, 0.5) is 11.5 Å². The minimum atomic E-state index is -0.383. The van der Waals surface area contributed by atoms with Gasteiger partial charge in [-0.3, -0.25) is 10.1 Å². The van der Waals surface area contributed by atoms with E-state index in [0.717, 1.165) is 42.7 Å². The van der Waals surface area contributed by atoms with E-state index in [1.165, 1.54) is 6.07 Å². The number of non-ortho nitro benzene ring substituents is 1. The van der Waals surface area contributed by atoms with Crippen LogP contribution in [0.15, 0.2) is 30.3 Å². The monoisotopic (exact) mass is 300 g/mol. The van der Waals surface area contributed by atoms with E-state index in [0.29, 0.717) is 5.92 Å². The molecule has 1 unspecified atom stereocenters. The highest BCUT2D eigenvalue weighted by molar-refractivity contribution is 5.82. The van der Waals surface area contributed by atoms with Gasteiger partial charge in [0.2, 0.25) is 0 Å². The summed E-state index contributed by atoms with van der Waals surface area (Å²) < 4.78 is 0. The van der Waals surface area contributed by atoms with Gasteiger partial charge in [0.1, 0.15) is 5.82 Å². The largest absolute Gasteiger partial charge is 0.357 e. The van der Waals surface area contributed by atoms with Gasteiger partial charge in [0.25, 0.3) is 5.69 Å². The lowest BCUT2D eigenvalue weighted by Crippen LogP contribution is -2.40. The number of pyridine rings is 1. The fraction of sp³-hybridized carbons (Fsp3) is 0.438. The Labute approximate surface area is 129 Å². The third-order valence-corrected chi connectivity index (χ3v) is 4.48. The van der Waals surface area contributed by atoms with Gasteiger partial charge in [0.05, 0.1) is 10.4 Å². The molecule has 3 rings (SSSR count). The van der Waals surface area contributed by atoms with E-state index in [-0.39, 0.29) is 16.7 Å². The minimum absolute atomic E-state index is 0.0970. The number of hydrogen-bond acceptors (Lipinski definition) is 5. The molecule has 1 atom stereocenters. The zero-order valence-electron chi connectivity index (χ0n) is 12.6.